The summed E-state index contributed by atoms with van der Waals surface area (Å²) in [5.41, 5.74) is 1.77. The van der Waals surface area contributed by atoms with Crippen molar-refractivity contribution in [2.75, 3.05) is 11.9 Å². The fourth-order valence-electron chi connectivity index (χ4n) is 2.48. The molecule has 0 aliphatic rings. The first-order chi connectivity index (χ1) is 13.4. The molecule has 0 aliphatic carbocycles. The fraction of sp³-hybridized carbons (Fsp3) is 0.222. The molecule has 0 bridgehead atoms. The molecule has 2 N–H and O–H groups in total. The molecule has 0 aliphatic heterocycles. The van der Waals surface area contributed by atoms with E-state index in [2.05, 4.69) is 20.1 Å². The van der Waals surface area contributed by atoms with E-state index in [1.165, 1.54) is 6.33 Å². The van der Waals surface area contributed by atoms with E-state index in [4.69, 9.17) is 23.2 Å². The molecule has 148 valence electrons. The number of aromatic nitrogens is 3. The number of aryl methyl sites for hydroxylation is 1. The monoisotopic (exact) mass is 439 g/mol. The van der Waals surface area contributed by atoms with Crippen LogP contribution in [-0.4, -0.2) is 29.7 Å². The van der Waals surface area contributed by atoms with Crippen molar-refractivity contribution in [2.45, 2.75) is 24.4 Å². The van der Waals surface area contributed by atoms with Gasteiger partial charge in [-0.2, -0.15) is 5.10 Å². The lowest BCUT2D eigenvalue weighted by Gasteiger charge is -2.10. The molecule has 0 saturated carbocycles. The summed E-state index contributed by atoms with van der Waals surface area (Å²) < 4.78 is 29.0. The fourth-order valence-corrected chi connectivity index (χ4v) is 3.88. The van der Waals surface area contributed by atoms with E-state index in [0.717, 1.165) is 11.3 Å². The summed E-state index contributed by atoms with van der Waals surface area (Å²) in [6.45, 7) is 1.46. The van der Waals surface area contributed by atoms with Gasteiger partial charge in [0.1, 0.15) is 12.7 Å². The predicted octanol–water partition coefficient (Wildman–Crippen LogP) is 3.57. The van der Waals surface area contributed by atoms with Gasteiger partial charge in [-0.3, -0.25) is 4.68 Å². The third-order valence-corrected chi connectivity index (χ3v) is 6.18. The molecule has 7 nitrogen and oxygen atoms in total. The molecule has 3 rings (SSSR count). The van der Waals surface area contributed by atoms with Crippen LogP contribution < -0.4 is 10.0 Å². The number of rotatable bonds is 9. The van der Waals surface area contributed by atoms with Gasteiger partial charge in [-0.25, -0.2) is 18.1 Å². The molecule has 0 amide bonds. The SMILES string of the molecule is O=S(=O)(NCCCn1cncn1)c1ccc(NCc2ccc(Cl)c(Cl)c2)cc1. The van der Waals surface area contributed by atoms with Crippen LogP contribution in [-0.2, 0) is 23.1 Å². The molecule has 0 unspecified atom stereocenters. The second kappa shape index (κ2) is 9.38. The molecule has 0 spiro atoms. The maximum atomic E-state index is 12.4. The summed E-state index contributed by atoms with van der Waals surface area (Å²) in [7, 11) is -3.55. The lowest BCUT2D eigenvalue weighted by Crippen LogP contribution is -2.25. The van der Waals surface area contributed by atoms with Crippen molar-refractivity contribution in [1.82, 2.24) is 19.5 Å². The van der Waals surface area contributed by atoms with Crippen molar-refractivity contribution < 1.29 is 8.42 Å². The Morgan fingerprint density at radius 2 is 1.82 bits per heavy atom. The Kier molecular flexibility index (Phi) is 6.90. The van der Waals surface area contributed by atoms with Gasteiger partial charge in [0.25, 0.3) is 0 Å². The van der Waals surface area contributed by atoms with Crippen molar-refractivity contribution in [3.63, 3.8) is 0 Å². The minimum absolute atomic E-state index is 0.216. The van der Waals surface area contributed by atoms with E-state index in [1.807, 2.05) is 6.07 Å². The quantitative estimate of drug-likeness (QED) is 0.497. The molecular formula is C18H19Cl2N5O2S. The number of anilines is 1. The van der Waals surface area contributed by atoms with Crippen LogP contribution in [0, 0.1) is 0 Å². The minimum Gasteiger partial charge on any atom is -0.381 e. The van der Waals surface area contributed by atoms with Gasteiger partial charge in [0, 0.05) is 25.3 Å². The lowest BCUT2D eigenvalue weighted by molar-refractivity contribution is 0.552. The second-order valence-electron chi connectivity index (χ2n) is 6.04. The summed E-state index contributed by atoms with van der Waals surface area (Å²) in [4.78, 5) is 4.06. The van der Waals surface area contributed by atoms with Crippen LogP contribution in [0.2, 0.25) is 10.0 Å². The highest BCUT2D eigenvalue weighted by atomic mass is 35.5. The van der Waals surface area contributed by atoms with Gasteiger partial charge >= 0.3 is 0 Å². The smallest absolute Gasteiger partial charge is 0.240 e. The van der Waals surface area contributed by atoms with Crippen LogP contribution in [0.25, 0.3) is 0 Å². The normalized spacial score (nSPS) is 11.5. The van der Waals surface area contributed by atoms with E-state index < -0.39 is 10.0 Å². The second-order valence-corrected chi connectivity index (χ2v) is 8.62. The molecule has 0 atom stereocenters. The van der Waals surface area contributed by atoms with Crippen LogP contribution in [0.5, 0.6) is 0 Å². The summed E-state index contributed by atoms with van der Waals surface area (Å²) in [6, 6.07) is 12.0. The molecule has 0 fully saturated rings. The van der Waals surface area contributed by atoms with E-state index >= 15 is 0 Å². The highest BCUT2D eigenvalue weighted by Gasteiger charge is 2.13. The molecule has 1 aromatic heterocycles. The Balaban J connectivity index is 1.51. The molecule has 10 heteroatoms. The average Bonchev–Trinajstić information content (AvgIpc) is 3.20. The van der Waals surface area contributed by atoms with Crippen molar-refractivity contribution in [1.29, 1.82) is 0 Å². The average molecular weight is 440 g/mol. The Morgan fingerprint density at radius 1 is 1.04 bits per heavy atom. The van der Waals surface area contributed by atoms with E-state index in [9.17, 15) is 8.42 Å². The first kappa shape index (κ1) is 20.6. The van der Waals surface area contributed by atoms with Gasteiger partial charge in [-0.1, -0.05) is 29.3 Å². The number of halogens is 2. The molecule has 0 saturated heterocycles. The van der Waals surface area contributed by atoms with Crippen molar-refractivity contribution in [3.8, 4) is 0 Å². The molecule has 2 aromatic carbocycles. The Labute approximate surface area is 173 Å². The highest BCUT2D eigenvalue weighted by Crippen LogP contribution is 2.23. The standard InChI is InChI=1S/C18H19Cl2N5O2S/c19-17-7-2-14(10-18(17)20)11-22-15-3-5-16(6-4-15)28(26,27)24-8-1-9-25-13-21-12-23-25/h2-7,10,12-13,22,24H,1,8-9,11H2. The zero-order chi connectivity index (χ0) is 20.0. The molecule has 3 aromatic rings. The largest absolute Gasteiger partial charge is 0.381 e. The molecule has 0 radical (unpaired) electrons. The zero-order valence-corrected chi connectivity index (χ0v) is 17.2. The predicted molar refractivity (Wildman–Crippen MR) is 110 cm³/mol. The van der Waals surface area contributed by atoms with Gasteiger partial charge in [-0.05, 0) is 48.4 Å². The summed E-state index contributed by atoms with van der Waals surface area (Å²) in [5, 5.41) is 8.20. The van der Waals surface area contributed by atoms with E-state index in [-0.39, 0.29) is 4.90 Å². The van der Waals surface area contributed by atoms with Crippen LogP contribution in [0.3, 0.4) is 0 Å². The molecular weight excluding hydrogens is 421 g/mol. The zero-order valence-electron chi connectivity index (χ0n) is 14.8. The van der Waals surface area contributed by atoms with Gasteiger partial charge in [0.15, 0.2) is 0 Å². The van der Waals surface area contributed by atoms with Crippen LogP contribution >= 0.6 is 23.2 Å². The Bertz CT molecular complexity index is 1010. The minimum atomic E-state index is -3.55. The first-order valence-corrected chi connectivity index (χ1v) is 10.8. The maximum absolute atomic E-state index is 12.4. The molecule has 1 heterocycles. The summed E-state index contributed by atoms with van der Waals surface area (Å²) in [6.07, 6.45) is 3.66. The first-order valence-electron chi connectivity index (χ1n) is 8.54. The number of hydrogen-bond acceptors (Lipinski definition) is 5. The third kappa shape index (κ3) is 5.68. The maximum Gasteiger partial charge on any atom is 0.240 e. The van der Waals surface area contributed by atoms with E-state index in [0.29, 0.717) is 36.1 Å². The van der Waals surface area contributed by atoms with Crippen LogP contribution in [0.15, 0.2) is 60.0 Å². The van der Waals surface area contributed by atoms with Gasteiger partial charge in [0.2, 0.25) is 10.0 Å². The number of hydrogen-bond donors (Lipinski definition) is 2. The summed E-state index contributed by atoms with van der Waals surface area (Å²) >= 11 is 11.9. The van der Waals surface area contributed by atoms with Gasteiger partial charge in [-0.15, -0.1) is 0 Å². The van der Waals surface area contributed by atoms with Gasteiger partial charge < -0.3 is 5.32 Å². The third-order valence-electron chi connectivity index (χ3n) is 3.97. The number of nitrogens with zero attached hydrogens (tertiary/aromatic N) is 3. The van der Waals surface area contributed by atoms with Crippen LogP contribution in [0.1, 0.15) is 12.0 Å². The topological polar surface area (TPSA) is 88.9 Å². The number of benzene rings is 2. The number of sulfonamides is 1. The Morgan fingerprint density at radius 3 is 2.50 bits per heavy atom. The van der Waals surface area contributed by atoms with Crippen LogP contribution in [0.4, 0.5) is 5.69 Å². The highest BCUT2D eigenvalue weighted by molar-refractivity contribution is 7.89. The van der Waals surface area contributed by atoms with Crippen molar-refractivity contribution in [3.05, 3.63) is 70.7 Å². The number of nitrogens with one attached hydrogen (secondary N) is 2. The Hall–Kier alpha value is -2.13. The van der Waals surface area contributed by atoms with E-state index in [1.54, 1.807) is 47.4 Å². The summed E-state index contributed by atoms with van der Waals surface area (Å²) in [5.74, 6) is 0. The van der Waals surface area contributed by atoms with Crippen molar-refractivity contribution in [2.24, 2.45) is 0 Å². The van der Waals surface area contributed by atoms with Crippen molar-refractivity contribution >= 4 is 38.9 Å². The van der Waals surface area contributed by atoms with Gasteiger partial charge in [0.05, 0.1) is 14.9 Å². The molecule has 28 heavy (non-hydrogen) atoms. The lowest BCUT2D eigenvalue weighted by atomic mass is 10.2.